The summed E-state index contributed by atoms with van der Waals surface area (Å²) in [4.78, 5) is 26.2. The lowest BCUT2D eigenvalue weighted by Gasteiger charge is -2.21. The minimum absolute atomic E-state index is 0.0255. The first kappa shape index (κ1) is 20.5. The summed E-state index contributed by atoms with van der Waals surface area (Å²) in [5, 5.41) is 6.70. The van der Waals surface area contributed by atoms with Crippen molar-refractivity contribution >= 4 is 11.8 Å². The van der Waals surface area contributed by atoms with Crippen molar-refractivity contribution in [2.75, 3.05) is 13.1 Å². The summed E-state index contributed by atoms with van der Waals surface area (Å²) in [5.74, 6) is 0.904. The van der Waals surface area contributed by atoms with Crippen molar-refractivity contribution in [2.24, 2.45) is 0 Å². The number of amides is 2. The lowest BCUT2D eigenvalue weighted by molar-refractivity contribution is -0.122. The van der Waals surface area contributed by atoms with Crippen molar-refractivity contribution in [2.45, 2.75) is 47.3 Å². The van der Waals surface area contributed by atoms with Crippen LogP contribution in [0.5, 0.6) is 5.75 Å². The van der Waals surface area contributed by atoms with Crippen LogP contribution in [0.3, 0.4) is 0 Å². The highest BCUT2D eigenvalue weighted by Gasteiger charge is 2.18. The maximum Gasteiger partial charge on any atom is 0.254 e. The third kappa shape index (κ3) is 5.57. The van der Waals surface area contributed by atoms with Crippen LogP contribution >= 0.6 is 0 Å². The fourth-order valence-electron chi connectivity index (χ4n) is 2.63. The van der Waals surface area contributed by atoms with Gasteiger partial charge in [-0.15, -0.1) is 0 Å². The second kappa shape index (κ2) is 9.21. The molecular weight excluding hydrogens is 346 g/mol. The van der Waals surface area contributed by atoms with E-state index in [2.05, 4.69) is 10.5 Å². The van der Waals surface area contributed by atoms with Gasteiger partial charge in [-0.2, -0.15) is 0 Å². The first-order valence-corrected chi connectivity index (χ1v) is 9.05. The molecule has 2 rings (SSSR count). The molecule has 1 heterocycles. The second-order valence-electron chi connectivity index (χ2n) is 6.66. The molecule has 0 aliphatic rings. The topological polar surface area (TPSA) is 84.7 Å². The summed E-state index contributed by atoms with van der Waals surface area (Å²) in [6.07, 6.45) is 0. The van der Waals surface area contributed by atoms with Gasteiger partial charge in [0.2, 0.25) is 5.91 Å². The molecule has 0 atom stereocenters. The molecule has 1 aromatic carbocycles. The van der Waals surface area contributed by atoms with Crippen LogP contribution in [-0.2, 0) is 11.4 Å². The van der Waals surface area contributed by atoms with Gasteiger partial charge in [0.05, 0.1) is 17.8 Å². The Bertz CT molecular complexity index is 779. The average molecular weight is 373 g/mol. The van der Waals surface area contributed by atoms with Crippen LogP contribution in [0.25, 0.3) is 0 Å². The Kier molecular flexibility index (Phi) is 6.98. The van der Waals surface area contributed by atoms with Gasteiger partial charge < -0.3 is 19.5 Å². The van der Waals surface area contributed by atoms with Gasteiger partial charge in [-0.05, 0) is 52.8 Å². The number of nitrogens with zero attached hydrogens (tertiary/aromatic N) is 2. The monoisotopic (exact) mass is 373 g/mol. The summed E-state index contributed by atoms with van der Waals surface area (Å²) in [5.41, 5.74) is 2.16. The number of hydrogen-bond acceptors (Lipinski definition) is 5. The van der Waals surface area contributed by atoms with E-state index >= 15 is 0 Å². The molecule has 0 radical (unpaired) electrons. The van der Waals surface area contributed by atoms with Crippen molar-refractivity contribution < 1.29 is 18.8 Å². The van der Waals surface area contributed by atoms with Crippen LogP contribution in [0.2, 0.25) is 0 Å². The van der Waals surface area contributed by atoms with Gasteiger partial charge in [-0.3, -0.25) is 9.59 Å². The largest absolute Gasteiger partial charge is 0.489 e. The standard InChI is InChI=1S/C20H27N3O4/c1-6-23(11-19(24)21-13(2)3)20(25)16-8-7-9-17(10-16)26-12-18-14(4)22-27-15(18)5/h7-10,13H,6,11-12H2,1-5H3,(H,21,24). The van der Waals surface area contributed by atoms with Gasteiger partial charge in [0.15, 0.2) is 0 Å². The Labute approximate surface area is 159 Å². The molecule has 0 saturated carbocycles. The molecule has 0 spiro atoms. The number of aromatic nitrogens is 1. The molecule has 2 amide bonds. The van der Waals surface area contributed by atoms with E-state index in [1.165, 1.54) is 4.90 Å². The van der Waals surface area contributed by atoms with Gasteiger partial charge in [-0.25, -0.2) is 0 Å². The zero-order chi connectivity index (χ0) is 20.0. The van der Waals surface area contributed by atoms with Crippen LogP contribution in [0.1, 0.15) is 48.1 Å². The molecule has 7 nitrogen and oxygen atoms in total. The molecule has 0 bridgehead atoms. The van der Waals surface area contributed by atoms with Crippen LogP contribution in [0.15, 0.2) is 28.8 Å². The molecule has 0 fully saturated rings. The van der Waals surface area contributed by atoms with Crippen molar-refractivity contribution in [3.63, 3.8) is 0 Å². The molecule has 0 saturated heterocycles. The Balaban J connectivity index is 2.06. The second-order valence-corrected chi connectivity index (χ2v) is 6.66. The maximum atomic E-state index is 12.8. The quantitative estimate of drug-likeness (QED) is 0.769. The fraction of sp³-hybridized carbons (Fsp3) is 0.450. The van der Waals surface area contributed by atoms with E-state index in [4.69, 9.17) is 9.26 Å². The van der Waals surface area contributed by atoms with Gasteiger partial charge >= 0.3 is 0 Å². The van der Waals surface area contributed by atoms with E-state index in [-0.39, 0.29) is 24.4 Å². The van der Waals surface area contributed by atoms with E-state index < -0.39 is 0 Å². The Morgan fingerprint density at radius 3 is 2.63 bits per heavy atom. The highest BCUT2D eigenvalue weighted by molar-refractivity contribution is 5.96. The number of carbonyl (C=O) groups excluding carboxylic acids is 2. The number of aryl methyl sites for hydroxylation is 2. The van der Waals surface area contributed by atoms with Crippen molar-refractivity contribution in [3.05, 3.63) is 46.8 Å². The molecule has 1 N–H and O–H groups in total. The van der Waals surface area contributed by atoms with Gasteiger partial charge in [-0.1, -0.05) is 11.2 Å². The number of benzene rings is 1. The van der Waals surface area contributed by atoms with Crippen LogP contribution in [0, 0.1) is 13.8 Å². The highest BCUT2D eigenvalue weighted by atomic mass is 16.5. The first-order valence-electron chi connectivity index (χ1n) is 9.05. The smallest absolute Gasteiger partial charge is 0.254 e. The van der Waals surface area contributed by atoms with Gasteiger partial charge in [0.25, 0.3) is 5.91 Å². The number of hydrogen-bond donors (Lipinski definition) is 1. The van der Waals surface area contributed by atoms with Crippen LogP contribution < -0.4 is 10.1 Å². The van der Waals surface area contributed by atoms with E-state index in [0.717, 1.165) is 11.3 Å². The SMILES string of the molecule is CCN(CC(=O)NC(C)C)C(=O)c1cccc(OCc2c(C)noc2C)c1. The minimum Gasteiger partial charge on any atom is -0.489 e. The summed E-state index contributed by atoms with van der Waals surface area (Å²) in [7, 11) is 0. The summed E-state index contributed by atoms with van der Waals surface area (Å²) < 4.78 is 10.9. The van der Waals surface area contributed by atoms with Crippen molar-refractivity contribution in [3.8, 4) is 5.75 Å². The van der Waals surface area contributed by atoms with E-state index in [1.807, 2.05) is 34.6 Å². The third-order valence-corrected chi connectivity index (χ3v) is 4.10. The number of rotatable bonds is 8. The molecule has 0 unspecified atom stereocenters. The lowest BCUT2D eigenvalue weighted by Crippen LogP contribution is -2.42. The van der Waals surface area contributed by atoms with Gasteiger partial charge in [0, 0.05) is 18.2 Å². The number of nitrogens with one attached hydrogen (secondary N) is 1. The van der Waals surface area contributed by atoms with Gasteiger partial charge in [0.1, 0.15) is 18.1 Å². The average Bonchev–Trinajstić information content (AvgIpc) is 2.95. The van der Waals surface area contributed by atoms with Crippen LogP contribution in [-0.4, -0.2) is 41.0 Å². The Morgan fingerprint density at radius 2 is 2.04 bits per heavy atom. The van der Waals surface area contributed by atoms with Crippen LogP contribution in [0.4, 0.5) is 0 Å². The number of carbonyl (C=O) groups is 2. The zero-order valence-corrected chi connectivity index (χ0v) is 16.5. The number of likely N-dealkylation sites (N-methyl/N-ethyl adjacent to an activating group) is 1. The predicted molar refractivity (Wildman–Crippen MR) is 102 cm³/mol. The third-order valence-electron chi connectivity index (χ3n) is 4.10. The van der Waals surface area contributed by atoms with Crippen molar-refractivity contribution in [1.29, 1.82) is 0 Å². The fourth-order valence-corrected chi connectivity index (χ4v) is 2.63. The molecule has 2 aromatic rings. The normalized spacial score (nSPS) is 10.7. The molecule has 7 heteroatoms. The summed E-state index contributed by atoms with van der Waals surface area (Å²) in [6, 6.07) is 6.99. The molecule has 27 heavy (non-hydrogen) atoms. The molecule has 0 aliphatic heterocycles. The molecule has 1 aromatic heterocycles. The predicted octanol–water partition coefficient (Wildman–Crippen LogP) is 2.86. The number of ether oxygens (including phenoxy) is 1. The molecule has 0 aliphatic carbocycles. The first-order chi connectivity index (χ1) is 12.8. The van der Waals surface area contributed by atoms with E-state index in [1.54, 1.807) is 24.3 Å². The molecular formula is C20H27N3O4. The summed E-state index contributed by atoms with van der Waals surface area (Å²) in [6.45, 7) is 10.1. The zero-order valence-electron chi connectivity index (χ0n) is 16.5. The molecule has 146 valence electrons. The highest BCUT2D eigenvalue weighted by Crippen LogP contribution is 2.19. The van der Waals surface area contributed by atoms with Crippen molar-refractivity contribution in [1.82, 2.24) is 15.4 Å². The maximum absolute atomic E-state index is 12.8. The Morgan fingerprint density at radius 1 is 1.30 bits per heavy atom. The van der Waals surface area contributed by atoms with E-state index in [9.17, 15) is 9.59 Å². The Hall–Kier alpha value is -2.83. The lowest BCUT2D eigenvalue weighted by atomic mass is 10.1. The minimum atomic E-state index is -0.209. The van der Waals surface area contributed by atoms with E-state index in [0.29, 0.717) is 30.2 Å². The summed E-state index contributed by atoms with van der Waals surface area (Å²) >= 11 is 0.